The van der Waals surface area contributed by atoms with Gasteiger partial charge in [0.05, 0.1) is 0 Å². The van der Waals surface area contributed by atoms with E-state index in [1.807, 2.05) is 0 Å². The Bertz CT molecular complexity index is 789. The van der Waals surface area contributed by atoms with Crippen LogP contribution in [0.2, 0.25) is 5.02 Å². The standard InChI is InChI=1S/C15H10ClFN2O2/c16-13-8-11(17)5-4-9(13)7-14-18-15(21-19-14)10-2-1-3-12(20)6-10/h1-6,8,20H,7H2. The molecular formula is C15H10ClFN2O2. The van der Waals surface area contributed by atoms with Crippen molar-refractivity contribution in [2.45, 2.75) is 6.42 Å². The minimum absolute atomic E-state index is 0.119. The summed E-state index contributed by atoms with van der Waals surface area (Å²) < 4.78 is 18.1. The number of hydrogen-bond donors (Lipinski definition) is 1. The molecule has 0 atom stereocenters. The quantitative estimate of drug-likeness (QED) is 0.799. The Kier molecular flexibility index (Phi) is 3.58. The zero-order valence-electron chi connectivity index (χ0n) is 10.8. The Morgan fingerprint density at radius 2 is 2.05 bits per heavy atom. The summed E-state index contributed by atoms with van der Waals surface area (Å²) in [4.78, 5) is 4.24. The number of rotatable bonds is 3. The lowest BCUT2D eigenvalue weighted by Crippen LogP contribution is -1.92. The monoisotopic (exact) mass is 304 g/mol. The van der Waals surface area contributed by atoms with Gasteiger partial charge >= 0.3 is 0 Å². The highest BCUT2D eigenvalue weighted by molar-refractivity contribution is 6.31. The van der Waals surface area contributed by atoms with Crippen LogP contribution in [-0.2, 0) is 6.42 Å². The molecule has 0 spiro atoms. The van der Waals surface area contributed by atoms with Crippen molar-refractivity contribution in [3.8, 4) is 17.2 Å². The molecule has 0 aliphatic carbocycles. The van der Waals surface area contributed by atoms with Crippen LogP contribution in [0.1, 0.15) is 11.4 Å². The zero-order chi connectivity index (χ0) is 14.8. The molecule has 0 bridgehead atoms. The van der Waals surface area contributed by atoms with E-state index in [-0.39, 0.29) is 5.75 Å². The van der Waals surface area contributed by atoms with Crippen LogP contribution >= 0.6 is 11.6 Å². The van der Waals surface area contributed by atoms with E-state index in [9.17, 15) is 9.50 Å². The van der Waals surface area contributed by atoms with E-state index in [2.05, 4.69) is 10.1 Å². The van der Waals surface area contributed by atoms with E-state index < -0.39 is 5.82 Å². The van der Waals surface area contributed by atoms with Crippen LogP contribution in [0.15, 0.2) is 47.0 Å². The van der Waals surface area contributed by atoms with Gasteiger partial charge in [-0.2, -0.15) is 4.98 Å². The summed E-state index contributed by atoms with van der Waals surface area (Å²) in [5, 5.41) is 13.6. The van der Waals surface area contributed by atoms with Crippen LogP contribution in [0.4, 0.5) is 4.39 Å². The summed E-state index contributed by atoms with van der Waals surface area (Å²) in [6, 6.07) is 10.7. The van der Waals surface area contributed by atoms with E-state index in [4.69, 9.17) is 16.1 Å². The Hall–Kier alpha value is -2.40. The van der Waals surface area contributed by atoms with Crippen molar-refractivity contribution in [1.82, 2.24) is 10.1 Å². The molecule has 106 valence electrons. The second-order valence-electron chi connectivity index (χ2n) is 4.48. The maximum Gasteiger partial charge on any atom is 0.258 e. The lowest BCUT2D eigenvalue weighted by molar-refractivity contribution is 0.423. The molecule has 1 aromatic heterocycles. The fourth-order valence-corrected chi connectivity index (χ4v) is 2.15. The molecule has 0 radical (unpaired) electrons. The molecule has 3 aromatic rings. The minimum Gasteiger partial charge on any atom is -0.508 e. The van der Waals surface area contributed by atoms with Crippen molar-refractivity contribution in [3.63, 3.8) is 0 Å². The number of benzene rings is 2. The Balaban J connectivity index is 1.85. The molecule has 3 rings (SSSR count). The number of halogens is 2. The van der Waals surface area contributed by atoms with E-state index in [1.165, 1.54) is 18.2 Å². The van der Waals surface area contributed by atoms with Crippen molar-refractivity contribution in [1.29, 1.82) is 0 Å². The van der Waals surface area contributed by atoms with Gasteiger partial charge in [-0.3, -0.25) is 0 Å². The molecular weight excluding hydrogens is 295 g/mol. The molecule has 2 aromatic carbocycles. The third-order valence-corrected chi connectivity index (χ3v) is 3.28. The summed E-state index contributed by atoms with van der Waals surface area (Å²) in [6.45, 7) is 0. The molecule has 0 unspecified atom stereocenters. The molecule has 0 aliphatic heterocycles. The first-order valence-corrected chi connectivity index (χ1v) is 6.55. The number of nitrogens with zero attached hydrogens (tertiary/aromatic N) is 2. The van der Waals surface area contributed by atoms with Gasteiger partial charge in [0, 0.05) is 17.0 Å². The van der Waals surface area contributed by atoms with Gasteiger partial charge in [0.15, 0.2) is 5.82 Å². The molecule has 21 heavy (non-hydrogen) atoms. The van der Waals surface area contributed by atoms with E-state index in [0.29, 0.717) is 34.3 Å². The third kappa shape index (κ3) is 3.03. The highest BCUT2D eigenvalue weighted by Gasteiger charge is 2.11. The van der Waals surface area contributed by atoms with Crippen LogP contribution in [0, 0.1) is 5.82 Å². The average Bonchev–Trinajstić information content (AvgIpc) is 2.91. The first-order chi connectivity index (χ1) is 10.1. The van der Waals surface area contributed by atoms with Crippen LogP contribution in [0.3, 0.4) is 0 Å². The van der Waals surface area contributed by atoms with Gasteiger partial charge in [-0.25, -0.2) is 4.39 Å². The van der Waals surface area contributed by atoms with Gasteiger partial charge in [0.25, 0.3) is 5.89 Å². The lowest BCUT2D eigenvalue weighted by Gasteiger charge is -2.00. The molecule has 0 fully saturated rings. The number of phenols is 1. The normalized spacial score (nSPS) is 10.8. The minimum atomic E-state index is -0.391. The number of phenolic OH excluding ortho intramolecular Hbond substituents is 1. The number of aromatic hydroxyl groups is 1. The second-order valence-corrected chi connectivity index (χ2v) is 4.89. The summed E-state index contributed by atoms with van der Waals surface area (Å²) in [5.74, 6) is 0.465. The van der Waals surface area contributed by atoms with Crippen LogP contribution in [0.5, 0.6) is 5.75 Å². The molecule has 0 aliphatic rings. The molecule has 0 saturated heterocycles. The zero-order valence-corrected chi connectivity index (χ0v) is 11.5. The maximum atomic E-state index is 13.0. The maximum absolute atomic E-state index is 13.0. The van der Waals surface area contributed by atoms with Crippen LogP contribution in [-0.4, -0.2) is 15.2 Å². The number of aromatic nitrogens is 2. The van der Waals surface area contributed by atoms with Crippen LogP contribution in [0.25, 0.3) is 11.5 Å². The Morgan fingerprint density at radius 1 is 1.19 bits per heavy atom. The predicted molar refractivity (Wildman–Crippen MR) is 75.6 cm³/mol. The first kappa shape index (κ1) is 13.6. The summed E-state index contributed by atoms with van der Waals surface area (Å²) >= 11 is 5.96. The summed E-state index contributed by atoms with van der Waals surface area (Å²) in [5.41, 5.74) is 1.33. The molecule has 4 nitrogen and oxygen atoms in total. The fourth-order valence-electron chi connectivity index (χ4n) is 1.92. The Morgan fingerprint density at radius 3 is 2.81 bits per heavy atom. The smallest absolute Gasteiger partial charge is 0.258 e. The highest BCUT2D eigenvalue weighted by Crippen LogP contribution is 2.23. The van der Waals surface area contributed by atoms with Crippen molar-refractivity contribution in [2.75, 3.05) is 0 Å². The highest BCUT2D eigenvalue weighted by atomic mass is 35.5. The summed E-state index contributed by atoms with van der Waals surface area (Å²) in [7, 11) is 0. The summed E-state index contributed by atoms with van der Waals surface area (Å²) in [6.07, 6.45) is 0.335. The number of hydrogen-bond acceptors (Lipinski definition) is 4. The van der Waals surface area contributed by atoms with Crippen molar-refractivity contribution >= 4 is 11.6 Å². The molecule has 1 heterocycles. The SMILES string of the molecule is Oc1cccc(-c2nc(Cc3ccc(F)cc3Cl)no2)c1. The fraction of sp³-hybridized carbons (Fsp3) is 0.0667. The first-order valence-electron chi connectivity index (χ1n) is 6.18. The molecule has 6 heteroatoms. The third-order valence-electron chi connectivity index (χ3n) is 2.92. The van der Waals surface area contributed by atoms with Crippen molar-refractivity contribution < 1.29 is 14.0 Å². The van der Waals surface area contributed by atoms with Gasteiger partial charge in [-0.15, -0.1) is 0 Å². The Labute approximate surface area is 124 Å². The molecule has 1 N–H and O–H groups in total. The van der Waals surface area contributed by atoms with Gasteiger partial charge in [-0.05, 0) is 35.9 Å². The van der Waals surface area contributed by atoms with Gasteiger partial charge in [0.1, 0.15) is 11.6 Å². The van der Waals surface area contributed by atoms with E-state index in [0.717, 1.165) is 0 Å². The molecule has 0 saturated carbocycles. The largest absolute Gasteiger partial charge is 0.508 e. The van der Waals surface area contributed by atoms with Gasteiger partial charge in [-0.1, -0.05) is 28.9 Å². The van der Waals surface area contributed by atoms with Crippen molar-refractivity contribution in [2.24, 2.45) is 0 Å². The van der Waals surface area contributed by atoms with Crippen LogP contribution < -0.4 is 0 Å². The van der Waals surface area contributed by atoms with E-state index in [1.54, 1.807) is 24.3 Å². The average molecular weight is 305 g/mol. The predicted octanol–water partition coefficient (Wildman–Crippen LogP) is 3.83. The lowest BCUT2D eigenvalue weighted by atomic mass is 10.1. The topological polar surface area (TPSA) is 59.2 Å². The van der Waals surface area contributed by atoms with Crippen molar-refractivity contribution in [3.05, 3.63) is 64.7 Å². The van der Waals surface area contributed by atoms with Gasteiger partial charge in [0.2, 0.25) is 0 Å². The van der Waals surface area contributed by atoms with E-state index >= 15 is 0 Å². The van der Waals surface area contributed by atoms with Gasteiger partial charge < -0.3 is 9.63 Å². The molecule has 0 amide bonds. The second kappa shape index (κ2) is 5.54.